The summed E-state index contributed by atoms with van der Waals surface area (Å²) in [6.07, 6.45) is 0. The van der Waals surface area contributed by atoms with E-state index in [9.17, 15) is 14.4 Å². The molecule has 3 N–H and O–H groups in total. The van der Waals surface area contributed by atoms with E-state index in [1.54, 1.807) is 38.1 Å². The lowest BCUT2D eigenvalue weighted by molar-refractivity contribution is -0.129. The highest BCUT2D eigenvalue weighted by Crippen LogP contribution is 2.10. The summed E-state index contributed by atoms with van der Waals surface area (Å²) in [5, 5.41) is 2.54. The lowest BCUT2D eigenvalue weighted by Crippen LogP contribution is -2.54. The largest absolute Gasteiger partial charge is 0.344 e. The monoisotopic (exact) mass is 355 g/mol. The van der Waals surface area contributed by atoms with Crippen LogP contribution in [0.3, 0.4) is 0 Å². The molecule has 7 heteroatoms. The maximum Gasteiger partial charge on any atom is 0.269 e. The summed E-state index contributed by atoms with van der Waals surface area (Å²) in [4.78, 5) is 34.9. The first kappa shape index (κ1) is 17.2. The van der Waals surface area contributed by atoms with Crippen LogP contribution in [0.1, 0.15) is 31.1 Å². The van der Waals surface area contributed by atoms with Crippen LogP contribution in [0, 0.1) is 5.92 Å². The first-order chi connectivity index (χ1) is 9.81. The number of hydrogen-bond acceptors (Lipinski definition) is 3. The predicted molar refractivity (Wildman–Crippen MR) is 82.2 cm³/mol. The fourth-order valence-electron chi connectivity index (χ4n) is 1.62. The molecule has 0 heterocycles. The molecule has 114 valence electrons. The van der Waals surface area contributed by atoms with E-state index < -0.39 is 17.9 Å². The van der Waals surface area contributed by atoms with Crippen LogP contribution in [0.5, 0.6) is 0 Å². The van der Waals surface area contributed by atoms with Gasteiger partial charge in [-0.05, 0) is 30.2 Å². The Labute approximate surface area is 131 Å². The minimum Gasteiger partial charge on any atom is -0.344 e. The van der Waals surface area contributed by atoms with Crippen LogP contribution in [0.25, 0.3) is 0 Å². The van der Waals surface area contributed by atoms with Crippen molar-refractivity contribution in [2.24, 2.45) is 5.92 Å². The molecule has 0 bridgehead atoms. The standard InChI is InChI=1S/C14H18BrN3O3/c1-8(2)12(16-9(3)19)14(21)18-17-13(20)10-4-6-11(15)7-5-10/h4-8,12H,1-3H3,(H,16,19)(H,17,20)(H,18,21). The first-order valence-electron chi connectivity index (χ1n) is 6.44. The molecular weight excluding hydrogens is 338 g/mol. The van der Waals surface area contributed by atoms with Gasteiger partial charge in [-0.15, -0.1) is 0 Å². The Morgan fingerprint density at radius 2 is 1.62 bits per heavy atom. The number of nitrogens with one attached hydrogen (secondary N) is 3. The normalized spacial score (nSPS) is 11.7. The summed E-state index contributed by atoms with van der Waals surface area (Å²) in [5.41, 5.74) is 5.05. The van der Waals surface area contributed by atoms with E-state index in [1.807, 2.05) is 0 Å². The van der Waals surface area contributed by atoms with E-state index in [0.29, 0.717) is 5.56 Å². The second-order valence-corrected chi connectivity index (χ2v) is 5.79. The molecule has 1 atom stereocenters. The van der Waals surface area contributed by atoms with E-state index in [4.69, 9.17) is 0 Å². The van der Waals surface area contributed by atoms with Gasteiger partial charge in [-0.2, -0.15) is 0 Å². The van der Waals surface area contributed by atoms with Crippen LogP contribution in [0.2, 0.25) is 0 Å². The van der Waals surface area contributed by atoms with Gasteiger partial charge in [-0.3, -0.25) is 25.2 Å². The zero-order valence-corrected chi connectivity index (χ0v) is 13.7. The van der Waals surface area contributed by atoms with Crippen molar-refractivity contribution in [1.82, 2.24) is 16.2 Å². The van der Waals surface area contributed by atoms with Gasteiger partial charge in [0.15, 0.2) is 0 Å². The number of halogens is 1. The third-order valence-electron chi connectivity index (χ3n) is 2.71. The third kappa shape index (κ3) is 5.55. The number of carbonyl (C=O) groups is 3. The van der Waals surface area contributed by atoms with Crippen molar-refractivity contribution in [2.75, 3.05) is 0 Å². The SMILES string of the molecule is CC(=O)NC(C(=O)NNC(=O)c1ccc(Br)cc1)C(C)C. The van der Waals surface area contributed by atoms with Gasteiger partial charge < -0.3 is 5.32 Å². The molecule has 1 aromatic carbocycles. The minimum absolute atomic E-state index is 0.0986. The number of hydrazine groups is 1. The second-order valence-electron chi connectivity index (χ2n) is 4.87. The fourth-order valence-corrected chi connectivity index (χ4v) is 1.89. The quantitative estimate of drug-likeness (QED) is 0.712. The fraction of sp³-hybridized carbons (Fsp3) is 0.357. The number of rotatable bonds is 4. The van der Waals surface area contributed by atoms with Crippen molar-refractivity contribution in [3.8, 4) is 0 Å². The third-order valence-corrected chi connectivity index (χ3v) is 3.24. The van der Waals surface area contributed by atoms with Crippen molar-refractivity contribution in [1.29, 1.82) is 0 Å². The summed E-state index contributed by atoms with van der Waals surface area (Å²) >= 11 is 3.27. The van der Waals surface area contributed by atoms with Gasteiger partial charge in [-0.25, -0.2) is 0 Å². The number of benzene rings is 1. The summed E-state index contributed by atoms with van der Waals surface area (Å²) < 4.78 is 0.855. The van der Waals surface area contributed by atoms with Crippen molar-refractivity contribution in [3.63, 3.8) is 0 Å². The van der Waals surface area contributed by atoms with Crippen molar-refractivity contribution < 1.29 is 14.4 Å². The maximum absolute atomic E-state index is 12.0. The molecule has 0 saturated heterocycles. The van der Waals surface area contributed by atoms with Gasteiger partial charge in [0.25, 0.3) is 11.8 Å². The molecule has 0 radical (unpaired) electrons. The van der Waals surface area contributed by atoms with E-state index in [0.717, 1.165) is 4.47 Å². The van der Waals surface area contributed by atoms with Gasteiger partial charge in [0, 0.05) is 17.0 Å². The average Bonchev–Trinajstić information content (AvgIpc) is 2.42. The van der Waals surface area contributed by atoms with Crippen LogP contribution in [0.15, 0.2) is 28.7 Å². The van der Waals surface area contributed by atoms with Gasteiger partial charge in [0.05, 0.1) is 0 Å². The highest BCUT2D eigenvalue weighted by Gasteiger charge is 2.23. The number of amides is 3. The summed E-state index contributed by atoms with van der Waals surface area (Å²) in [6.45, 7) is 4.94. The zero-order chi connectivity index (χ0) is 16.0. The van der Waals surface area contributed by atoms with Crippen molar-refractivity contribution in [2.45, 2.75) is 26.8 Å². The van der Waals surface area contributed by atoms with Gasteiger partial charge in [0.1, 0.15) is 6.04 Å². The molecule has 3 amide bonds. The Morgan fingerprint density at radius 1 is 1.05 bits per heavy atom. The van der Waals surface area contributed by atoms with Gasteiger partial charge >= 0.3 is 0 Å². The number of carbonyl (C=O) groups excluding carboxylic acids is 3. The highest BCUT2D eigenvalue weighted by atomic mass is 79.9. The molecule has 0 aliphatic rings. The van der Waals surface area contributed by atoms with E-state index in [-0.39, 0.29) is 11.8 Å². The summed E-state index contributed by atoms with van der Waals surface area (Å²) in [7, 11) is 0. The second kappa shape index (κ2) is 7.78. The predicted octanol–water partition coefficient (Wildman–Crippen LogP) is 1.37. The van der Waals surface area contributed by atoms with Crippen LogP contribution < -0.4 is 16.2 Å². The topological polar surface area (TPSA) is 87.3 Å². The smallest absolute Gasteiger partial charge is 0.269 e. The molecule has 1 rings (SSSR count). The summed E-state index contributed by atoms with van der Waals surface area (Å²) in [5.74, 6) is -1.30. The van der Waals surface area contributed by atoms with Crippen LogP contribution in [-0.2, 0) is 9.59 Å². The molecular formula is C14H18BrN3O3. The van der Waals surface area contributed by atoms with Crippen molar-refractivity contribution in [3.05, 3.63) is 34.3 Å². The van der Waals surface area contributed by atoms with Crippen molar-refractivity contribution >= 4 is 33.7 Å². The molecule has 0 fully saturated rings. The Bertz CT molecular complexity index is 529. The number of hydrogen-bond donors (Lipinski definition) is 3. The molecule has 1 unspecified atom stereocenters. The first-order valence-corrected chi connectivity index (χ1v) is 7.23. The van der Waals surface area contributed by atoms with Crippen LogP contribution >= 0.6 is 15.9 Å². The molecule has 0 aromatic heterocycles. The molecule has 21 heavy (non-hydrogen) atoms. The maximum atomic E-state index is 12.0. The van der Waals surface area contributed by atoms with E-state index >= 15 is 0 Å². The molecule has 0 aliphatic carbocycles. The average molecular weight is 356 g/mol. The Morgan fingerprint density at radius 3 is 2.10 bits per heavy atom. The highest BCUT2D eigenvalue weighted by molar-refractivity contribution is 9.10. The Kier molecular flexibility index (Phi) is 6.36. The lowest BCUT2D eigenvalue weighted by Gasteiger charge is -2.21. The lowest BCUT2D eigenvalue weighted by atomic mass is 10.0. The summed E-state index contributed by atoms with van der Waals surface area (Å²) in [6, 6.07) is 6.00. The van der Waals surface area contributed by atoms with E-state index in [2.05, 4.69) is 32.1 Å². The molecule has 6 nitrogen and oxygen atoms in total. The van der Waals surface area contributed by atoms with E-state index in [1.165, 1.54) is 6.92 Å². The van der Waals surface area contributed by atoms with Gasteiger partial charge in [-0.1, -0.05) is 29.8 Å². The molecule has 1 aromatic rings. The van der Waals surface area contributed by atoms with Crippen LogP contribution in [0.4, 0.5) is 0 Å². The molecule has 0 spiro atoms. The Hall–Kier alpha value is -1.89. The van der Waals surface area contributed by atoms with Crippen LogP contribution in [-0.4, -0.2) is 23.8 Å². The zero-order valence-electron chi connectivity index (χ0n) is 12.1. The minimum atomic E-state index is -0.701. The molecule has 0 saturated carbocycles. The van der Waals surface area contributed by atoms with Gasteiger partial charge in [0.2, 0.25) is 5.91 Å². The Balaban J connectivity index is 2.60. The molecule has 0 aliphatic heterocycles.